The molecule has 1 aromatic heterocycles. The highest BCUT2D eigenvalue weighted by Gasteiger charge is 2.16. The zero-order valence-corrected chi connectivity index (χ0v) is 9.14. The number of rotatable bonds is 2. The first kappa shape index (κ1) is 9.66. The maximum atomic E-state index is 11.3. The summed E-state index contributed by atoms with van der Waals surface area (Å²) in [6.07, 6.45) is 4.62. The Bertz CT molecular complexity index is 348. The maximum Gasteiger partial charge on any atom is 0.155 e. The van der Waals surface area contributed by atoms with Crippen LogP contribution in [0.2, 0.25) is 0 Å². The van der Waals surface area contributed by atoms with Gasteiger partial charge in [0, 0.05) is 6.42 Å². The van der Waals surface area contributed by atoms with Crippen molar-refractivity contribution in [3.8, 4) is 0 Å². The molecule has 0 radical (unpaired) electrons. The lowest BCUT2D eigenvalue weighted by atomic mass is 9.87. The van der Waals surface area contributed by atoms with Crippen LogP contribution in [0.3, 0.4) is 0 Å². The van der Waals surface area contributed by atoms with E-state index < -0.39 is 0 Å². The molecule has 74 valence electrons. The van der Waals surface area contributed by atoms with E-state index in [0.717, 1.165) is 19.3 Å². The van der Waals surface area contributed by atoms with Gasteiger partial charge in [-0.1, -0.05) is 12.5 Å². The molecule has 0 bridgehead atoms. The number of thiophene rings is 1. The lowest BCUT2D eigenvalue weighted by molar-refractivity contribution is -0.115. The lowest BCUT2D eigenvalue weighted by Gasteiger charge is -2.17. The second kappa shape index (κ2) is 4.09. The van der Waals surface area contributed by atoms with Crippen LogP contribution >= 0.6 is 11.3 Å². The van der Waals surface area contributed by atoms with Crippen LogP contribution < -0.4 is 0 Å². The Morgan fingerprint density at radius 1 is 1.50 bits per heavy atom. The van der Waals surface area contributed by atoms with Crippen LogP contribution in [0.25, 0.3) is 0 Å². The van der Waals surface area contributed by atoms with Crippen molar-refractivity contribution >= 4 is 17.1 Å². The highest BCUT2D eigenvalue weighted by molar-refractivity contribution is 7.07. The van der Waals surface area contributed by atoms with E-state index in [1.807, 2.05) is 6.08 Å². The van der Waals surface area contributed by atoms with Crippen molar-refractivity contribution in [3.63, 3.8) is 0 Å². The standard InChI is InChI=1S/C12H14OS/c1-9-4-11(7-12(13)5-9)6-10-2-3-14-8-10/h2-3,7-9H,4-6H2,1H3. The van der Waals surface area contributed by atoms with Crippen molar-refractivity contribution in [1.29, 1.82) is 0 Å². The molecule has 1 aromatic rings. The van der Waals surface area contributed by atoms with E-state index >= 15 is 0 Å². The van der Waals surface area contributed by atoms with E-state index in [0.29, 0.717) is 11.7 Å². The van der Waals surface area contributed by atoms with Gasteiger partial charge in [-0.2, -0.15) is 11.3 Å². The molecule has 0 saturated carbocycles. The average Bonchev–Trinajstić information content (AvgIpc) is 2.54. The number of carbonyl (C=O) groups is 1. The third-order valence-electron chi connectivity index (χ3n) is 2.54. The predicted molar refractivity (Wildman–Crippen MR) is 59.5 cm³/mol. The molecule has 0 aliphatic heterocycles. The van der Waals surface area contributed by atoms with Crippen LogP contribution in [-0.4, -0.2) is 5.78 Å². The Kier molecular flexibility index (Phi) is 2.82. The first-order valence-corrected chi connectivity index (χ1v) is 5.91. The average molecular weight is 206 g/mol. The summed E-state index contributed by atoms with van der Waals surface area (Å²) >= 11 is 1.72. The van der Waals surface area contributed by atoms with Crippen molar-refractivity contribution in [1.82, 2.24) is 0 Å². The predicted octanol–water partition coefficient (Wildman–Crippen LogP) is 3.22. The van der Waals surface area contributed by atoms with Gasteiger partial charge in [0.15, 0.2) is 5.78 Å². The largest absolute Gasteiger partial charge is 0.295 e. The molecule has 0 spiro atoms. The number of ketones is 1. The highest BCUT2D eigenvalue weighted by Crippen LogP contribution is 2.24. The summed E-state index contributed by atoms with van der Waals surface area (Å²) in [7, 11) is 0. The molecule has 1 aliphatic carbocycles. The van der Waals surface area contributed by atoms with Crippen LogP contribution in [0.4, 0.5) is 0 Å². The van der Waals surface area contributed by atoms with Crippen molar-refractivity contribution < 1.29 is 4.79 Å². The Balaban J connectivity index is 2.08. The number of hydrogen-bond donors (Lipinski definition) is 0. The zero-order valence-electron chi connectivity index (χ0n) is 8.32. The molecule has 2 heteroatoms. The second-order valence-corrected chi connectivity index (χ2v) is 4.87. The van der Waals surface area contributed by atoms with Gasteiger partial charge in [-0.3, -0.25) is 4.79 Å². The van der Waals surface area contributed by atoms with Gasteiger partial charge >= 0.3 is 0 Å². The lowest BCUT2D eigenvalue weighted by Crippen LogP contribution is -2.12. The molecule has 0 amide bonds. The van der Waals surface area contributed by atoms with Crippen LogP contribution in [0.1, 0.15) is 25.3 Å². The number of hydrogen-bond acceptors (Lipinski definition) is 2. The van der Waals surface area contributed by atoms with Gasteiger partial charge in [0.1, 0.15) is 0 Å². The Labute approximate surface area is 88.5 Å². The SMILES string of the molecule is CC1CC(=O)C=C(Cc2ccsc2)C1. The van der Waals surface area contributed by atoms with Crippen molar-refractivity contribution in [3.05, 3.63) is 34.0 Å². The normalized spacial score (nSPS) is 22.2. The molecule has 1 aliphatic rings. The third kappa shape index (κ3) is 2.32. The summed E-state index contributed by atoms with van der Waals surface area (Å²) in [6.45, 7) is 2.15. The molecule has 0 fully saturated rings. The van der Waals surface area contributed by atoms with E-state index in [1.54, 1.807) is 11.3 Å². The fourth-order valence-corrected chi connectivity index (χ4v) is 2.66. The summed E-state index contributed by atoms with van der Waals surface area (Å²) in [5.74, 6) is 0.829. The minimum Gasteiger partial charge on any atom is -0.295 e. The van der Waals surface area contributed by atoms with E-state index in [4.69, 9.17) is 0 Å². The molecule has 1 atom stereocenters. The molecular formula is C12H14OS. The molecule has 1 heterocycles. The molecule has 1 nitrogen and oxygen atoms in total. The highest BCUT2D eigenvalue weighted by atomic mass is 32.1. The van der Waals surface area contributed by atoms with Gasteiger partial charge in [-0.25, -0.2) is 0 Å². The quantitative estimate of drug-likeness (QED) is 0.726. The monoisotopic (exact) mass is 206 g/mol. The Morgan fingerprint density at radius 3 is 3.00 bits per heavy atom. The zero-order chi connectivity index (χ0) is 9.97. The molecule has 0 N–H and O–H groups in total. The van der Waals surface area contributed by atoms with E-state index in [9.17, 15) is 4.79 Å². The molecule has 0 aromatic carbocycles. The summed E-state index contributed by atoms with van der Waals surface area (Å²) in [6, 6.07) is 2.13. The smallest absolute Gasteiger partial charge is 0.155 e. The molecule has 0 saturated heterocycles. The summed E-state index contributed by atoms with van der Waals surface area (Å²) in [4.78, 5) is 11.3. The van der Waals surface area contributed by atoms with Gasteiger partial charge in [-0.05, 0) is 47.2 Å². The van der Waals surface area contributed by atoms with Crippen LogP contribution in [0.5, 0.6) is 0 Å². The maximum absolute atomic E-state index is 11.3. The topological polar surface area (TPSA) is 17.1 Å². The summed E-state index contributed by atoms with van der Waals surface area (Å²) in [5.41, 5.74) is 2.63. The van der Waals surface area contributed by atoms with Gasteiger partial charge in [0.05, 0.1) is 0 Å². The summed E-state index contributed by atoms with van der Waals surface area (Å²) in [5, 5.41) is 4.24. The molecule has 14 heavy (non-hydrogen) atoms. The Hall–Kier alpha value is -0.890. The van der Waals surface area contributed by atoms with Crippen LogP contribution in [-0.2, 0) is 11.2 Å². The second-order valence-electron chi connectivity index (χ2n) is 4.09. The Morgan fingerprint density at radius 2 is 2.36 bits per heavy atom. The third-order valence-corrected chi connectivity index (χ3v) is 3.27. The van der Waals surface area contributed by atoms with Gasteiger partial charge in [-0.15, -0.1) is 0 Å². The minimum atomic E-state index is 0.300. The van der Waals surface area contributed by atoms with Crippen LogP contribution in [0.15, 0.2) is 28.5 Å². The molecule has 2 rings (SSSR count). The number of allylic oxidation sites excluding steroid dienone is 2. The van der Waals surface area contributed by atoms with E-state index in [-0.39, 0.29) is 0 Å². The first-order chi connectivity index (χ1) is 6.74. The van der Waals surface area contributed by atoms with Gasteiger partial charge in [0.2, 0.25) is 0 Å². The fraction of sp³-hybridized carbons (Fsp3) is 0.417. The summed E-state index contributed by atoms with van der Waals surface area (Å²) < 4.78 is 0. The van der Waals surface area contributed by atoms with E-state index in [1.165, 1.54) is 11.1 Å². The van der Waals surface area contributed by atoms with Crippen molar-refractivity contribution in [2.75, 3.05) is 0 Å². The van der Waals surface area contributed by atoms with Crippen molar-refractivity contribution in [2.45, 2.75) is 26.2 Å². The van der Waals surface area contributed by atoms with Crippen molar-refractivity contribution in [2.24, 2.45) is 5.92 Å². The van der Waals surface area contributed by atoms with E-state index in [2.05, 4.69) is 23.8 Å². The molecular weight excluding hydrogens is 192 g/mol. The molecule has 1 unspecified atom stereocenters. The van der Waals surface area contributed by atoms with Gasteiger partial charge < -0.3 is 0 Å². The van der Waals surface area contributed by atoms with Crippen LogP contribution in [0, 0.1) is 5.92 Å². The number of carbonyl (C=O) groups excluding carboxylic acids is 1. The first-order valence-electron chi connectivity index (χ1n) is 4.97. The minimum absolute atomic E-state index is 0.300. The fourth-order valence-electron chi connectivity index (χ4n) is 1.99. The van der Waals surface area contributed by atoms with Gasteiger partial charge in [0.25, 0.3) is 0 Å².